The van der Waals surface area contributed by atoms with Crippen molar-refractivity contribution < 1.29 is 19.4 Å². The molecule has 0 aliphatic heterocycles. The number of rotatable bonds is 5. The molecule has 1 amide bonds. The van der Waals surface area contributed by atoms with Gasteiger partial charge in [0.15, 0.2) is 0 Å². The lowest BCUT2D eigenvalue weighted by atomic mass is 9.54. The molecule has 116 valence electrons. The summed E-state index contributed by atoms with van der Waals surface area (Å²) in [6.45, 7) is 7.97. The highest BCUT2D eigenvalue weighted by Gasteiger charge is 2.66. The van der Waals surface area contributed by atoms with Crippen LogP contribution >= 0.6 is 11.3 Å². The lowest BCUT2D eigenvalue weighted by Crippen LogP contribution is -2.76. The highest BCUT2D eigenvalue weighted by molar-refractivity contribution is 7.13. The van der Waals surface area contributed by atoms with E-state index in [1.807, 2.05) is 33.8 Å². The van der Waals surface area contributed by atoms with Gasteiger partial charge in [0.25, 0.3) is 5.91 Å². The van der Waals surface area contributed by atoms with Crippen molar-refractivity contribution in [2.24, 2.45) is 5.41 Å². The zero-order chi connectivity index (χ0) is 15.8. The Hall–Kier alpha value is -1.40. The van der Waals surface area contributed by atoms with Crippen molar-refractivity contribution in [1.82, 2.24) is 5.32 Å². The van der Waals surface area contributed by atoms with E-state index in [-0.39, 0.29) is 12.0 Å². The van der Waals surface area contributed by atoms with Crippen molar-refractivity contribution in [2.75, 3.05) is 6.61 Å². The number of amides is 1. The summed E-state index contributed by atoms with van der Waals surface area (Å²) < 4.78 is 5.58. The van der Waals surface area contributed by atoms with Gasteiger partial charge in [-0.2, -0.15) is 0 Å². The Morgan fingerprint density at radius 2 is 2.14 bits per heavy atom. The Morgan fingerprint density at radius 1 is 1.48 bits per heavy atom. The van der Waals surface area contributed by atoms with Gasteiger partial charge >= 0.3 is 5.97 Å². The van der Waals surface area contributed by atoms with E-state index in [0.717, 1.165) is 4.88 Å². The fraction of sp³-hybridized carbons (Fsp3) is 0.600. The maximum absolute atomic E-state index is 12.3. The summed E-state index contributed by atoms with van der Waals surface area (Å²) in [6, 6.07) is 3.57. The molecule has 6 heteroatoms. The van der Waals surface area contributed by atoms with E-state index >= 15 is 0 Å². The molecule has 2 N–H and O–H groups in total. The average molecular weight is 311 g/mol. The molecule has 1 saturated carbocycles. The molecule has 2 unspecified atom stereocenters. The Morgan fingerprint density at radius 3 is 2.57 bits per heavy atom. The minimum Gasteiger partial charge on any atom is -0.479 e. The summed E-state index contributed by atoms with van der Waals surface area (Å²) in [6.07, 6.45) is 0.128. The van der Waals surface area contributed by atoms with Crippen LogP contribution in [-0.2, 0) is 9.53 Å². The van der Waals surface area contributed by atoms with Crippen LogP contribution in [0.5, 0.6) is 0 Å². The summed E-state index contributed by atoms with van der Waals surface area (Å²) in [5, 5.41) is 12.4. The van der Waals surface area contributed by atoms with Crippen molar-refractivity contribution in [1.29, 1.82) is 0 Å². The quantitative estimate of drug-likeness (QED) is 0.876. The zero-order valence-corrected chi connectivity index (χ0v) is 13.5. The van der Waals surface area contributed by atoms with Gasteiger partial charge < -0.3 is 15.2 Å². The van der Waals surface area contributed by atoms with E-state index in [1.165, 1.54) is 11.3 Å². The van der Waals surface area contributed by atoms with Crippen molar-refractivity contribution in [2.45, 2.75) is 45.8 Å². The Balaban J connectivity index is 2.22. The number of hydrogen-bond acceptors (Lipinski definition) is 4. The van der Waals surface area contributed by atoms with E-state index in [2.05, 4.69) is 5.32 Å². The maximum atomic E-state index is 12.3. The third-order valence-electron chi connectivity index (χ3n) is 4.42. The molecule has 1 aliphatic carbocycles. The second-order valence-electron chi connectivity index (χ2n) is 5.94. The number of aryl methyl sites for hydroxylation is 1. The highest BCUT2D eigenvalue weighted by Crippen LogP contribution is 2.51. The summed E-state index contributed by atoms with van der Waals surface area (Å²) in [5.41, 5.74) is -1.93. The first-order valence-electron chi connectivity index (χ1n) is 6.98. The third-order valence-corrected chi connectivity index (χ3v) is 5.42. The van der Waals surface area contributed by atoms with Gasteiger partial charge in [0.2, 0.25) is 0 Å². The van der Waals surface area contributed by atoms with Crippen LogP contribution in [0.1, 0.15) is 41.7 Å². The minimum absolute atomic E-state index is 0.163. The van der Waals surface area contributed by atoms with Crippen LogP contribution in [-0.4, -0.2) is 35.2 Å². The van der Waals surface area contributed by atoms with Crippen molar-refractivity contribution in [3.05, 3.63) is 21.9 Å². The van der Waals surface area contributed by atoms with Gasteiger partial charge in [-0.15, -0.1) is 11.3 Å². The molecule has 2 rings (SSSR count). The molecule has 1 aliphatic rings. The number of carboxylic acid groups (broad SMARTS) is 1. The van der Waals surface area contributed by atoms with E-state index in [9.17, 15) is 14.7 Å². The summed E-state index contributed by atoms with van der Waals surface area (Å²) in [5.74, 6) is -1.34. The predicted molar refractivity (Wildman–Crippen MR) is 80.7 cm³/mol. The number of ether oxygens (including phenoxy) is 1. The van der Waals surface area contributed by atoms with Gasteiger partial charge in [0, 0.05) is 23.3 Å². The fourth-order valence-electron chi connectivity index (χ4n) is 2.85. The molecular formula is C15H21NO4S. The van der Waals surface area contributed by atoms with Crippen LogP contribution in [0, 0.1) is 12.3 Å². The Kier molecular flexibility index (Phi) is 4.13. The van der Waals surface area contributed by atoms with Crippen LogP contribution in [0.15, 0.2) is 12.1 Å². The molecule has 2 atom stereocenters. The second-order valence-corrected chi connectivity index (χ2v) is 7.23. The van der Waals surface area contributed by atoms with Gasteiger partial charge in [0.05, 0.1) is 11.0 Å². The first kappa shape index (κ1) is 16.0. The molecule has 1 heterocycles. The molecule has 0 radical (unpaired) electrons. The van der Waals surface area contributed by atoms with E-state index < -0.39 is 16.9 Å². The SMILES string of the molecule is CCOC1CC(NC(=O)c2ccc(C)s2)(C(=O)O)C1(C)C. The van der Waals surface area contributed by atoms with Crippen LogP contribution in [0.2, 0.25) is 0 Å². The maximum Gasteiger partial charge on any atom is 0.330 e. The largest absolute Gasteiger partial charge is 0.479 e. The predicted octanol–water partition coefficient (Wildman–Crippen LogP) is 2.44. The topological polar surface area (TPSA) is 75.6 Å². The number of nitrogens with one attached hydrogen (secondary N) is 1. The molecular weight excluding hydrogens is 290 g/mol. The number of aliphatic carboxylic acids is 1. The molecule has 0 aromatic carbocycles. The summed E-state index contributed by atoms with van der Waals surface area (Å²) in [7, 11) is 0. The molecule has 1 aromatic rings. The van der Waals surface area contributed by atoms with E-state index in [0.29, 0.717) is 17.9 Å². The molecule has 0 saturated heterocycles. The van der Waals surface area contributed by atoms with Crippen LogP contribution < -0.4 is 5.32 Å². The van der Waals surface area contributed by atoms with E-state index in [4.69, 9.17) is 4.74 Å². The fourth-order valence-corrected chi connectivity index (χ4v) is 3.61. The molecule has 21 heavy (non-hydrogen) atoms. The molecule has 5 nitrogen and oxygen atoms in total. The van der Waals surface area contributed by atoms with Crippen LogP contribution in [0.3, 0.4) is 0 Å². The summed E-state index contributed by atoms with van der Waals surface area (Å²) >= 11 is 1.36. The first-order valence-corrected chi connectivity index (χ1v) is 7.80. The molecule has 1 aromatic heterocycles. The first-order chi connectivity index (χ1) is 9.74. The highest BCUT2D eigenvalue weighted by atomic mass is 32.1. The normalized spacial score (nSPS) is 27.0. The van der Waals surface area contributed by atoms with Crippen LogP contribution in [0.25, 0.3) is 0 Å². The van der Waals surface area contributed by atoms with Crippen molar-refractivity contribution >= 4 is 23.2 Å². The number of carbonyl (C=O) groups is 2. The smallest absolute Gasteiger partial charge is 0.330 e. The van der Waals surface area contributed by atoms with Gasteiger partial charge in [-0.25, -0.2) is 4.79 Å². The van der Waals surface area contributed by atoms with E-state index in [1.54, 1.807) is 6.07 Å². The number of carboxylic acids is 1. The second kappa shape index (κ2) is 5.42. The van der Waals surface area contributed by atoms with Gasteiger partial charge in [0.1, 0.15) is 5.54 Å². The Labute approximate surface area is 128 Å². The Bertz CT molecular complexity index is 566. The lowest BCUT2D eigenvalue weighted by Gasteiger charge is -2.58. The molecule has 1 fully saturated rings. The monoisotopic (exact) mass is 311 g/mol. The number of thiophene rings is 1. The van der Waals surface area contributed by atoms with Gasteiger partial charge in [-0.3, -0.25) is 4.79 Å². The zero-order valence-electron chi connectivity index (χ0n) is 12.7. The van der Waals surface area contributed by atoms with Crippen molar-refractivity contribution in [3.8, 4) is 0 Å². The lowest BCUT2D eigenvalue weighted by molar-refractivity contribution is -0.190. The van der Waals surface area contributed by atoms with Gasteiger partial charge in [-0.1, -0.05) is 13.8 Å². The van der Waals surface area contributed by atoms with Crippen molar-refractivity contribution in [3.63, 3.8) is 0 Å². The third kappa shape index (κ3) is 2.46. The average Bonchev–Trinajstić information content (AvgIpc) is 2.83. The number of hydrogen-bond donors (Lipinski definition) is 2. The molecule has 0 spiro atoms. The number of carbonyl (C=O) groups excluding carboxylic acids is 1. The van der Waals surface area contributed by atoms with Crippen LogP contribution in [0.4, 0.5) is 0 Å². The molecule has 0 bridgehead atoms. The minimum atomic E-state index is -1.28. The van der Waals surface area contributed by atoms with Gasteiger partial charge in [-0.05, 0) is 26.0 Å². The standard InChI is InChI=1S/C15H21NO4S/c1-5-20-11-8-15(13(18)19,14(11,3)4)16-12(17)10-7-6-9(2)21-10/h6-7,11H,5,8H2,1-4H3,(H,16,17)(H,18,19). The summed E-state index contributed by atoms with van der Waals surface area (Å²) in [4.78, 5) is 25.6.